The van der Waals surface area contributed by atoms with Gasteiger partial charge in [-0.1, -0.05) is 45.8 Å². The lowest BCUT2D eigenvalue weighted by Gasteiger charge is -2.45. The van der Waals surface area contributed by atoms with Crippen molar-refractivity contribution in [2.24, 2.45) is 17.3 Å². The molecule has 1 aromatic carbocycles. The second-order valence-electron chi connectivity index (χ2n) is 25.5. The zero-order valence-corrected chi connectivity index (χ0v) is 50.8. The number of benzene rings is 1. The zero-order chi connectivity index (χ0) is 58.9. The highest BCUT2D eigenvalue weighted by Crippen LogP contribution is 2.46. The molecule has 4 saturated heterocycles. The molecule has 3 aromatic heterocycles. The van der Waals surface area contributed by atoms with Gasteiger partial charge in [-0.15, -0.1) is 11.3 Å². The minimum Gasteiger partial charge on any atom is -0.464 e. The van der Waals surface area contributed by atoms with Crippen molar-refractivity contribution < 1.29 is 42.2 Å². The van der Waals surface area contributed by atoms with E-state index in [-0.39, 0.29) is 80.7 Å². The predicted octanol–water partition coefficient (Wildman–Crippen LogP) is 8.82. The number of likely N-dealkylation sites (tertiary alicyclic amines) is 1. The lowest BCUT2D eigenvalue weighted by atomic mass is 9.84. The first-order chi connectivity index (χ1) is 40.4. The van der Waals surface area contributed by atoms with Gasteiger partial charge in [-0.25, -0.2) is 19.2 Å². The molecule has 20 heteroatoms. The molecule has 6 fully saturated rings. The maximum atomic E-state index is 17.4. The number of alkyl halides is 1. The van der Waals surface area contributed by atoms with Crippen LogP contribution in [0.4, 0.5) is 14.5 Å². The number of nitrogens with one attached hydrogen (secondary N) is 2. The summed E-state index contributed by atoms with van der Waals surface area (Å²) < 4.78 is 55.0. The highest BCUT2D eigenvalue weighted by Gasteiger charge is 2.51. The molecule has 6 bridgehead atoms. The molecule has 0 radical (unpaired) electrons. The van der Waals surface area contributed by atoms with Gasteiger partial charge in [0.1, 0.15) is 23.9 Å². The van der Waals surface area contributed by atoms with Gasteiger partial charge in [-0.05, 0) is 99.6 Å². The average Bonchev–Trinajstić information content (AvgIpc) is 2.06. The third-order valence-corrected chi connectivity index (χ3v) is 20.1. The van der Waals surface area contributed by atoms with Gasteiger partial charge in [0.25, 0.3) is 11.8 Å². The molecule has 8 heterocycles. The lowest BCUT2D eigenvalue weighted by molar-refractivity contribution is -0.157. The number of aryl methyl sites for hydroxylation is 1. The highest BCUT2D eigenvalue weighted by atomic mass is 32.1. The van der Waals surface area contributed by atoms with Crippen molar-refractivity contribution in [2.75, 3.05) is 78.6 Å². The molecular formula is C64H82F2N10O7S. The van der Waals surface area contributed by atoms with E-state index < -0.39 is 40.9 Å². The number of ether oxygens (including phenoxy) is 3. The Morgan fingerprint density at radius 1 is 1.00 bits per heavy atom. The van der Waals surface area contributed by atoms with Gasteiger partial charge in [0.15, 0.2) is 5.67 Å². The number of hydrogen-bond donors (Lipinski definition) is 2. The molecule has 1 unspecified atom stereocenters. The quantitative estimate of drug-likeness (QED) is 0.108. The van der Waals surface area contributed by atoms with Crippen LogP contribution in [0, 0.1) is 23.1 Å². The summed E-state index contributed by atoms with van der Waals surface area (Å²) in [5.74, 6) is -2.19. The summed E-state index contributed by atoms with van der Waals surface area (Å²) in [5.41, 5.74) is 10.7. The van der Waals surface area contributed by atoms with E-state index >= 15 is 13.6 Å². The van der Waals surface area contributed by atoms with Crippen molar-refractivity contribution in [2.45, 2.75) is 154 Å². The van der Waals surface area contributed by atoms with Crippen molar-refractivity contribution in [1.82, 2.24) is 45.0 Å². The summed E-state index contributed by atoms with van der Waals surface area (Å²) in [7, 11) is 5.01. The molecule has 5 aliphatic heterocycles. The van der Waals surface area contributed by atoms with Crippen LogP contribution in [0.2, 0.25) is 0 Å². The maximum absolute atomic E-state index is 17.4. The molecule has 12 rings (SSSR count). The van der Waals surface area contributed by atoms with Crippen LogP contribution in [0.25, 0.3) is 33.4 Å². The third kappa shape index (κ3) is 11.1. The molecule has 3 amide bonds. The van der Waals surface area contributed by atoms with E-state index in [0.29, 0.717) is 93.3 Å². The van der Waals surface area contributed by atoms with Crippen LogP contribution in [-0.2, 0) is 52.8 Å². The molecule has 8 aliphatic rings. The number of amides is 3. The number of carbonyl (C=O) groups excluding carboxylic acids is 4. The number of methoxy groups -OCH3 is 1. The van der Waals surface area contributed by atoms with E-state index in [1.807, 2.05) is 29.6 Å². The fraction of sp³-hybridized carbons (Fsp3) is 0.594. The van der Waals surface area contributed by atoms with E-state index in [1.165, 1.54) is 21.8 Å². The number of fused-ring (bicyclic) bond motifs is 6. The number of anilines is 1. The number of aromatic nitrogens is 3. The Kier molecular flexibility index (Phi) is 16.1. The molecule has 2 N–H and O–H groups in total. The number of halogens is 2. The molecule has 3 aliphatic carbocycles. The first kappa shape index (κ1) is 58.2. The van der Waals surface area contributed by atoms with Crippen LogP contribution in [-0.4, -0.2) is 162 Å². The number of allylic oxidation sites excluding steroid dienone is 4. The predicted molar refractivity (Wildman–Crippen MR) is 319 cm³/mol. The first-order valence-electron chi connectivity index (χ1n) is 30.6. The highest BCUT2D eigenvalue weighted by molar-refractivity contribution is 7.10. The number of thiazole rings is 1. The number of carbonyl (C=O) groups is 4. The standard InChI is InChI=1S/C64H82F2N10O7S/c1-9-75-50-31-47(65)44-30-43(50)46(57(75)45-29-41(73-25-27-82-28-26-73)34-67-53(45)38(3)81-8)33-63(4,5)36-83-61(79)48-15-12-22-76(70-48)58(42-19-16-37(42)2)51(32-52-68-49(44)35-84-52)71(6)60(78)56(40-13-10-11-14-40)72(7)62(80)64(66)20-23-74(24-21-64)59(77)55-54(69-55)39-17-18-39/h16,19,29-31,34-35,37-38,40,48,51,55-56,69-70H,9-15,17-18,20-28,32-33,36H2,1-8H3/b58-42+/t37?,38-,48-,51-,55+,56-/m0/s1. The fourth-order valence-corrected chi connectivity index (χ4v) is 14.9. The van der Waals surface area contributed by atoms with Crippen LogP contribution in [0.1, 0.15) is 121 Å². The SMILES string of the molecule is CCn1c(-c2cc(N3CCOCC3)cnc2[C@H](C)OC)c2c3cc(c(F)cc31)-c1csc(n1)C[C@H](N(C)C(=O)[C@H](C1CCCC1)N(C)C(=O)C1(F)CCN(C(=O)[C@@H]3NC3=C3CC3)CC1)/C(=C1/C=CC1C)N1CCC[C@H](N1)C(=O)OCC(C)(C)C2. The summed E-state index contributed by atoms with van der Waals surface area (Å²) in [5, 5.41) is 8.61. The van der Waals surface area contributed by atoms with Gasteiger partial charge in [0.05, 0.1) is 77.2 Å². The normalized spacial score (nSPS) is 25.8. The molecule has 450 valence electrons. The molecule has 4 aromatic rings. The first-order valence-corrected chi connectivity index (χ1v) is 31.5. The minimum absolute atomic E-state index is 0.000875. The largest absolute Gasteiger partial charge is 0.464 e. The molecule has 0 spiro atoms. The molecule has 2 saturated carbocycles. The Labute approximate surface area is 495 Å². The van der Waals surface area contributed by atoms with Gasteiger partial charge >= 0.3 is 5.97 Å². The number of pyridine rings is 1. The van der Waals surface area contributed by atoms with E-state index in [0.717, 1.165) is 76.2 Å². The van der Waals surface area contributed by atoms with E-state index in [1.54, 1.807) is 37.1 Å². The third-order valence-electron chi connectivity index (χ3n) is 19.3. The Morgan fingerprint density at radius 2 is 1.75 bits per heavy atom. The number of rotatable bonds is 11. The number of nitrogens with zero attached hydrogens (tertiary/aromatic N) is 8. The van der Waals surface area contributed by atoms with Crippen molar-refractivity contribution in [3.05, 3.63) is 86.6 Å². The van der Waals surface area contributed by atoms with E-state index in [2.05, 4.69) is 66.1 Å². The summed E-state index contributed by atoms with van der Waals surface area (Å²) in [6, 6.07) is 2.97. The average molecular weight is 1170 g/mol. The fourth-order valence-electron chi connectivity index (χ4n) is 14.1. The number of hydrogen-bond acceptors (Lipinski definition) is 14. The monoisotopic (exact) mass is 1170 g/mol. The summed E-state index contributed by atoms with van der Waals surface area (Å²) in [6.45, 7) is 14.3. The Bertz CT molecular complexity index is 3330. The molecule has 17 nitrogen and oxygen atoms in total. The molecular weight excluding hydrogens is 1090 g/mol. The Morgan fingerprint density at radius 3 is 2.43 bits per heavy atom. The van der Waals surface area contributed by atoms with Crippen LogP contribution in [0.15, 0.2) is 64.5 Å². The second kappa shape index (κ2) is 23.2. The van der Waals surface area contributed by atoms with Gasteiger partial charge in [-0.3, -0.25) is 24.2 Å². The van der Waals surface area contributed by atoms with Gasteiger partial charge in [-0.2, -0.15) is 0 Å². The van der Waals surface area contributed by atoms with Gasteiger partial charge in [0.2, 0.25) is 5.91 Å². The summed E-state index contributed by atoms with van der Waals surface area (Å²) >= 11 is 1.40. The van der Waals surface area contributed by atoms with Gasteiger partial charge in [0, 0.05) is 119 Å². The number of likely N-dealkylation sites (N-methyl/N-ethyl adjacent to an activating group) is 2. The van der Waals surface area contributed by atoms with Crippen LogP contribution in [0.3, 0.4) is 0 Å². The number of hydrazine groups is 1. The van der Waals surface area contributed by atoms with Crippen molar-refractivity contribution in [3.63, 3.8) is 0 Å². The van der Waals surface area contributed by atoms with Crippen molar-refractivity contribution in [1.29, 1.82) is 0 Å². The maximum Gasteiger partial charge on any atom is 0.324 e. The summed E-state index contributed by atoms with van der Waals surface area (Å²) in [4.78, 5) is 76.1. The topological polar surface area (TPSA) is 177 Å². The Hall–Kier alpha value is -6.22. The molecule has 6 atom stereocenters. The minimum atomic E-state index is -2.26. The number of esters is 1. The van der Waals surface area contributed by atoms with Crippen molar-refractivity contribution >= 4 is 51.6 Å². The van der Waals surface area contributed by atoms with E-state index in [4.69, 9.17) is 24.2 Å². The van der Waals surface area contributed by atoms with Crippen LogP contribution >= 0.6 is 11.3 Å². The Balaban J connectivity index is 0.932. The summed E-state index contributed by atoms with van der Waals surface area (Å²) in [6.07, 6.45) is 12.4. The number of morpholine rings is 1. The second-order valence-corrected chi connectivity index (χ2v) is 26.5. The number of piperidine rings is 1. The van der Waals surface area contributed by atoms with Crippen molar-refractivity contribution in [3.8, 4) is 22.5 Å². The van der Waals surface area contributed by atoms with Crippen LogP contribution in [0.5, 0.6) is 0 Å². The van der Waals surface area contributed by atoms with Crippen LogP contribution < -0.4 is 15.6 Å². The lowest BCUT2D eigenvalue weighted by Crippen LogP contribution is -2.61. The number of cyclic esters (lactones) is 1. The smallest absolute Gasteiger partial charge is 0.324 e. The van der Waals surface area contributed by atoms with Gasteiger partial charge < -0.3 is 48.7 Å². The van der Waals surface area contributed by atoms with E-state index in [9.17, 15) is 14.4 Å². The zero-order valence-electron chi connectivity index (χ0n) is 50.0. The molecule has 84 heavy (non-hydrogen) atoms.